The van der Waals surface area contributed by atoms with Gasteiger partial charge in [-0.1, -0.05) is 17.3 Å². The van der Waals surface area contributed by atoms with Gasteiger partial charge in [0, 0.05) is 37.0 Å². The molecule has 1 amide bonds. The lowest BCUT2D eigenvalue weighted by Crippen LogP contribution is -2.32. The minimum atomic E-state index is -4.74. The van der Waals surface area contributed by atoms with E-state index in [9.17, 15) is 18.0 Å². The van der Waals surface area contributed by atoms with Crippen LogP contribution in [0.15, 0.2) is 47.1 Å². The molecule has 1 aromatic carbocycles. The molecule has 0 aliphatic rings. The van der Waals surface area contributed by atoms with E-state index in [1.807, 2.05) is 18.0 Å². The van der Waals surface area contributed by atoms with Gasteiger partial charge in [0.25, 0.3) is 5.91 Å². The molecule has 0 radical (unpaired) electrons. The Balaban J connectivity index is 1.54. The Kier molecular flexibility index (Phi) is 6.61. The van der Waals surface area contributed by atoms with Crippen LogP contribution in [0.4, 0.5) is 13.2 Å². The number of nitrogens with one attached hydrogen (secondary N) is 1. The van der Waals surface area contributed by atoms with Gasteiger partial charge in [-0.3, -0.25) is 14.7 Å². The van der Waals surface area contributed by atoms with E-state index in [2.05, 4.69) is 25.0 Å². The molecule has 0 fully saturated rings. The van der Waals surface area contributed by atoms with E-state index in [0.29, 0.717) is 25.2 Å². The predicted octanol–water partition coefficient (Wildman–Crippen LogP) is 2.88. The molecule has 3 rings (SSSR count). The van der Waals surface area contributed by atoms with Gasteiger partial charge in [0.2, 0.25) is 5.82 Å². The van der Waals surface area contributed by atoms with Crippen molar-refractivity contribution in [1.29, 1.82) is 5.26 Å². The smallest absolute Gasteiger partial charge is 0.351 e. The maximum absolute atomic E-state index is 12.6. The van der Waals surface area contributed by atoms with Crippen LogP contribution in [0.25, 0.3) is 11.4 Å². The monoisotopic (exact) mass is 430 g/mol. The fourth-order valence-electron chi connectivity index (χ4n) is 2.66. The highest BCUT2D eigenvalue weighted by Gasteiger charge is 2.38. The normalized spacial score (nSPS) is 11.4. The summed E-state index contributed by atoms with van der Waals surface area (Å²) in [6.07, 6.45) is -3.24. The standard InChI is InChI=1S/C20H17F3N6O2/c1-29(12-16-6-5-13(10-24)11-26-16)8-7-25-18(30)15-4-2-3-14(9-15)17-27-19(31-28-17)20(21,22)23/h2-6,9,11H,7-8,12H2,1H3,(H,25,30). The van der Waals surface area contributed by atoms with Crippen LogP contribution in [0.5, 0.6) is 0 Å². The van der Waals surface area contributed by atoms with E-state index in [1.165, 1.54) is 30.5 Å². The molecule has 0 bridgehead atoms. The van der Waals surface area contributed by atoms with Gasteiger partial charge in [-0.05, 0) is 31.3 Å². The summed E-state index contributed by atoms with van der Waals surface area (Å²) in [6.45, 7) is 1.42. The third-order valence-electron chi connectivity index (χ3n) is 4.22. The number of hydrogen-bond acceptors (Lipinski definition) is 7. The Labute approximate surface area is 175 Å². The van der Waals surface area contributed by atoms with Crippen molar-refractivity contribution in [1.82, 2.24) is 25.3 Å². The van der Waals surface area contributed by atoms with Crippen LogP contribution < -0.4 is 5.32 Å². The predicted molar refractivity (Wildman–Crippen MR) is 102 cm³/mol. The maximum Gasteiger partial charge on any atom is 0.471 e. The summed E-state index contributed by atoms with van der Waals surface area (Å²) in [4.78, 5) is 21.9. The molecule has 0 spiro atoms. The average molecular weight is 430 g/mol. The highest BCUT2D eigenvalue weighted by molar-refractivity contribution is 5.95. The minimum Gasteiger partial charge on any atom is -0.351 e. The molecule has 31 heavy (non-hydrogen) atoms. The Hall–Kier alpha value is -3.78. The van der Waals surface area contributed by atoms with E-state index in [-0.39, 0.29) is 22.9 Å². The second kappa shape index (κ2) is 9.36. The quantitative estimate of drug-likeness (QED) is 0.614. The zero-order valence-electron chi connectivity index (χ0n) is 16.3. The molecule has 0 saturated heterocycles. The lowest BCUT2D eigenvalue weighted by atomic mass is 10.1. The zero-order chi connectivity index (χ0) is 22.4. The lowest BCUT2D eigenvalue weighted by Gasteiger charge is -2.16. The topological polar surface area (TPSA) is 108 Å². The molecule has 8 nitrogen and oxygen atoms in total. The van der Waals surface area contributed by atoms with Gasteiger partial charge in [0.05, 0.1) is 11.3 Å². The first-order valence-electron chi connectivity index (χ1n) is 9.09. The van der Waals surface area contributed by atoms with E-state index in [0.717, 1.165) is 5.69 Å². The minimum absolute atomic E-state index is 0.232. The molecule has 0 aliphatic carbocycles. The van der Waals surface area contributed by atoms with Crippen LogP contribution in [0.1, 0.15) is 27.5 Å². The number of alkyl halides is 3. The van der Waals surface area contributed by atoms with Crippen molar-refractivity contribution in [3.05, 3.63) is 65.3 Å². The first-order chi connectivity index (χ1) is 14.8. The van der Waals surface area contributed by atoms with Crippen molar-refractivity contribution < 1.29 is 22.5 Å². The van der Waals surface area contributed by atoms with E-state index >= 15 is 0 Å². The highest BCUT2D eigenvalue weighted by atomic mass is 19.4. The van der Waals surface area contributed by atoms with Crippen LogP contribution in [0.3, 0.4) is 0 Å². The molecule has 0 saturated carbocycles. The van der Waals surface area contributed by atoms with Gasteiger partial charge >= 0.3 is 12.1 Å². The number of pyridine rings is 1. The van der Waals surface area contributed by atoms with Crippen LogP contribution in [-0.4, -0.2) is 46.1 Å². The van der Waals surface area contributed by atoms with E-state index < -0.39 is 12.1 Å². The first-order valence-corrected chi connectivity index (χ1v) is 9.09. The van der Waals surface area contributed by atoms with Crippen LogP contribution in [0, 0.1) is 11.3 Å². The number of halogens is 3. The molecule has 0 unspecified atom stereocenters. The van der Waals surface area contributed by atoms with E-state index in [1.54, 1.807) is 12.1 Å². The molecule has 0 aliphatic heterocycles. The molecule has 11 heteroatoms. The van der Waals surface area contributed by atoms with Gasteiger partial charge in [0.1, 0.15) is 6.07 Å². The second-order valence-electron chi connectivity index (χ2n) is 6.65. The number of likely N-dealkylation sites (N-methyl/N-ethyl adjacent to an activating group) is 1. The Bertz CT molecular complexity index is 1090. The fourth-order valence-corrected chi connectivity index (χ4v) is 2.66. The number of nitrogens with zero attached hydrogens (tertiary/aromatic N) is 5. The van der Waals surface area contributed by atoms with Crippen molar-refractivity contribution in [2.45, 2.75) is 12.7 Å². The Morgan fingerprint density at radius 1 is 1.29 bits per heavy atom. The van der Waals surface area contributed by atoms with Gasteiger partial charge < -0.3 is 9.84 Å². The number of carbonyl (C=O) groups excluding carboxylic acids is 1. The average Bonchev–Trinajstić information content (AvgIpc) is 3.25. The SMILES string of the molecule is CN(CCNC(=O)c1cccc(-c2noc(C(F)(F)F)n2)c1)Cc1ccc(C#N)cn1. The number of hydrogen-bond donors (Lipinski definition) is 1. The molecule has 3 aromatic rings. The largest absolute Gasteiger partial charge is 0.471 e. The number of rotatable bonds is 7. The van der Waals surface area contributed by atoms with Crippen LogP contribution >= 0.6 is 0 Å². The molecule has 0 atom stereocenters. The zero-order valence-corrected chi connectivity index (χ0v) is 16.3. The van der Waals surface area contributed by atoms with Crippen molar-refractivity contribution in [2.75, 3.05) is 20.1 Å². The third-order valence-corrected chi connectivity index (χ3v) is 4.22. The summed E-state index contributed by atoms with van der Waals surface area (Å²) in [5, 5.41) is 14.9. The van der Waals surface area contributed by atoms with E-state index in [4.69, 9.17) is 5.26 Å². The van der Waals surface area contributed by atoms with Crippen molar-refractivity contribution in [3.8, 4) is 17.5 Å². The summed E-state index contributed by atoms with van der Waals surface area (Å²) in [5.74, 6) is -2.08. The summed E-state index contributed by atoms with van der Waals surface area (Å²) < 4.78 is 42.1. The maximum atomic E-state index is 12.6. The molecular formula is C20H17F3N6O2. The summed E-state index contributed by atoms with van der Waals surface area (Å²) in [5.41, 5.74) is 1.76. The summed E-state index contributed by atoms with van der Waals surface area (Å²) in [7, 11) is 1.86. The summed E-state index contributed by atoms with van der Waals surface area (Å²) in [6, 6.07) is 11.4. The molecule has 2 heterocycles. The van der Waals surface area contributed by atoms with Crippen molar-refractivity contribution in [3.63, 3.8) is 0 Å². The van der Waals surface area contributed by atoms with Gasteiger partial charge in [-0.2, -0.15) is 23.4 Å². The number of nitriles is 1. The van der Waals surface area contributed by atoms with Crippen molar-refractivity contribution in [2.24, 2.45) is 0 Å². The molecular weight excluding hydrogens is 413 g/mol. The lowest BCUT2D eigenvalue weighted by molar-refractivity contribution is -0.159. The van der Waals surface area contributed by atoms with Gasteiger partial charge in [0.15, 0.2) is 0 Å². The van der Waals surface area contributed by atoms with Crippen LogP contribution in [-0.2, 0) is 12.7 Å². The second-order valence-corrected chi connectivity index (χ2v) is 6.65. The van der Waals surface area contributed by atoms with Gasteiger partial charge in [-0.15, -0.1) is 0 Å². The Morgan fingerprint density at radius 3 is 2.74 bits per heavy atom. The molecule has 2 aromatic heterocycles. The van der Waals surface area contributed by atoms with Crippen molar-refractivity contribution >= 4 is 5.91 Å². The Morgan fingerprint density at radius 2 is 2.10 bits per heavy atom. The number of amides is 1. The number of carbonyl (C=O) groups is 1. The van der Waals surface area contributed by atoms with Gasteiger partial charge in [-0.25, -0.2) is 0 Å². The van der Waals surface area contributed by atoms with Crippen LogP contribution in [0.2, 0.25) is 0 Å². The molecule has 160 valence electrons. The number of benzene rings is 1. The third kappa shape index (κ3) is 5.86. The molecule has 1 N–H and O–H groups in total. The first kappa shape index (κ1) is 21.9. The summed E-state index contributed by atoms with van der Waals surface area (Å²) >= 11 is 0. The highest BCUT2D eigenvalue weighted by Crippen LogP contribution is 2.29. The fraction of sp³-hybridized carbons (Fsp3) is 0.250. The number of aromatic nitrogens is 3.